The third-order valence-corrected chi connectivity index (χ3v) is 3.90. The van der Waals surface area contributed by atoms with E-state index in [4.69, 9.17) is 4.74 Å². The van der Waals surface area contributed by atoms with Crippen LogP contribution in [0.4, 0.5) is 0 Å². The summed E-state index contributed by atoms with van der Waals surface area (Å²) in [6.07, 6.45) is 2.92. The highest BCUT2D eigenvalue weighted by atomic mass is 16.5. The summed E-state index contributed by atoms with van der Waals surface area (Å²) in [6.45, 7) is 3.66. The van der Waals surface area contributed by atoms with Crippen LogP contribution in [0.15, 0.2) is 24.3 Å². The van der Waals surface area contributed by atoms with E-state index in [2.05, 4.69) is 17.6 Å². The standard InChI is InChI=1S/C16H24N2O2/c1-12-3-6-14(11-18-12)16(19)17-10-9-13-4-7-15(20-2)8-5-13/h4-5,7-8,12,14,18H,3,6,9-11H2,1-2H3,(H,17,19). The lowest BCUT2D eigenvalue weighted by Gasteiger charge is -2.26. The molecule has 110 valence electrons. The van der Waals surface area contributed by atoms with Gasteiger partial charge in [0.15, 0.2) is 0 Å². The fourth-order valence-corrected chi connectivity index (χ4v) is 2.49. The highest BCUT2D eigenvalue weighted by molar-refractivity contribution is 5.79. The van der Waals surface area contributed by atoms with Gasteiger partial charge in [0.05, 0.1) is 13.0 Å². The predicted molar refractivity (Wildman–Crippen MR) is 79.9 cm³/mol. The number of hydrogen-bond donors (Lipinski definition) is 2. The molecule has 0 aliphatic carbocycles. The largest absolute Gasteiger partial charge is 0.497 e. The Hall–Kier alpha value is -1.55. The summed E-state index contributed by atoms with van der Waals surface area (Å²) >= 11 is 0. The fraction of sp³-hybridized carbons (Fsp3) is 0.562. The number of ether oxygens (including phenoxy) is 1. The first-order valence-electron chi connectivity index (χ1n) is 7.33. The zero-order valence-electron chi connectivity index (χ0n) is 12.3. The minimum atomic E-state index is 0.127. The molecule has 0 aromatic heterocycles. The number of carbonyl (C=O) groups is 1. The SMILES string of the molecule is COc1ccc(CCNC(=O)C2CCC(C)NC2)cc1. The second-order valence-electron chi connectivity index (χ2n) is 5.47. The van der Waals surface area contributed by atoms with Crippen LogP contribution in [-0.4, -0.2) is 32.1 Å². The predicted octanol–water partition coefficient (Wildman–Crippen LogP) is 1.74. The van der Waals surface area contributed by atoms with E-state index in [1.807, 2.05) is 24.3 Å². The van der Waals surface area contributed by atoms with Crippen LogP contribution in [0.1, 0.15) is 25.3 Å². The molecular formula is C16H24N2O2. The van der Waals surface area contributed by atoms with E-state index in [-0.39, 0.29) is 11.8 Å². The van der Waals surface area contributed by atoms with E-state index in [1.54, 1.807) is 7.11 Å². The normalized spacial score (nSPS) is 22.3. The van der Waals surface area contributed by atoms with Crippen molar-refractivity contribution in [2.75, 3.05) is 20.2 Å². The molecule has 0 saturated carbocycles. The molecule has 1 aromatic carbocycles. The summed E-state index contributed by atoms with van der Waals surface area (Å²) in [4.78, 5) is 12.0. The molecular weight excluding hydrogens is 252 g/mol. The van der Waals surface area contributed by atoms with Crippen LogP contribution in [-0.2, 0) is 11.2 Å². The Bertz CT molecular complexity index is 423. The number of benzene rings is 1. The van der Waals surface area contributed by atoms with E-state index in [1.165, 1.54) is 5.56 Å². The third-order valence-electron chi connectivity index (χ3n) is 3.90. The maximum Gasteiger partial charge on any atom is 0.224 e. The van der Waals surface area contributed by atoms with Crippen molar-refractivity contribution >= 4 is 5.91 Å². The van der Waals surface area contributed by atoms with Gasteiger partial charge in [-0.3, -0.25) is 4.79 Å². The van der Waals surface area contributed by atoms with E-state index in [0.717, 1.165) is 31.6 Å². The Kier molecular flexibility index (Phi) is 5.41. The second-order valence-corrected chi connectivity index (χ2v) is 5.47. The van der Waals surface area contributed by atoms with Crippen LogP contribution in [0.5, 0.6) is 5.75 Å². The van der Waals surface area contributed by atoms with Gasteiger partial charge in [-0.05, 0) is 43.9 Å². The molecule has 1 aliphatic heterocycles. The smallest absolute Gasteiger partial charge is 0.224 e. The van der Waals surface area contributed by atoms with E-state index in [0.29, 0.717) is 12.6 Å². The summed E-state index contributed by atoms with van der Waals surface area (Å²) < 4.78 is 5.12. The highest BCUT2D eigenvalue weighted by Crippen LogP contribution is 2.14. The van der Waals surface area contributed by atoms with Gasteiger partial charge in [-0.15, -0.1) is 0 Å². The summed E-state index contributed by atoms with van der Waals surface area (Å²) in [5.41, 5.74) is 1.21. The Morgan fingerprint density at radius 2 is 2.10 bits per heavy atom. The number of nitrogens with one attached hydrogen (secondary N) is 2. The van der Waals surface area contributed by atoms with Gasteiger partial charge in [0, 0.05) is 19.1 Å². The average molecular weight is 276 g/mol. The third kappa shape index (κ3) is 4.23. The van der Waals surface area contributed by atoms with Crippen molar-refractivity contribution in [2.24, 2.45) is 5.92 Å². The average Bonchev–Trinajstić information content (AvgIpc) is 2.48. The summed E-state index contributed by atoms with van der Waals surface area (Å²) in [6, 6.07) is 8.51. The van der Waals surface area contributed by atoms with Gasteiger partial charge in [0.25, 0.3) is 0 Å². The number of piperidine rings is 1. The Morgan fingerprint density at radius 3 is 2.70 bits per heavy atom. The first-order chi connectivity index (χ1) is 9.69. The van der Waals surface area contributed by atoms with Gasteiger partial charge < -0.3 is 15.4 Å². The number of carbonyl (C=O) groups excluding carboxylic acids is 1. The van der Waals surface area contributed by atoms with Gasteiger partial charge in [0.2, 0.25) is 5.91 Å². The van der Waals surface area contributed by atoms with Gasteiger partial charge in [-0.1, -0.05) is 12.1 Å². The molecule has 4 nitrogen and oxygen atoms in total. The molecule has 1 heterocycles. The molecule has 0 bridgehead atoms. The summed E-state index contributed by atoms with van der Waals surface area (Å²) in [5.74, 6) is 1.17. The lowest BCUT2D eigenvalue weighted by molar-refractivity contribution is -0.125. The zero-order chi connectivity index (χ0) is 14.4. The molecule has 1 fully saturated rings. The van der Waals surface area contributed by atoms with Crippen LogP contribution in [0.2, 0.25) is 0 Å². The first-order valence-corrected chi connectivity index (χ1v) is 7.33. The van der Waals surface area contributed by atoms with Gasteiger partial charge in [-0.25, -0.2) is 0 Å². The Balaban J connectivity index is 1.70. The minimum Gasteiger partial charge on any atom is -0.497 e. The second kappa shape index (κ2) is 7.29. The summed E-state index contributed by atoms with van der Waals surface area (Å²) in [5, 5.41) is 6.39. The number of methoxy groups -OCH3 is 1. The lowest BCUT2D eigenvalue weighted by Crippen LogP contribution is -2.44. The molecule has 20 heavy (non-hydrogen) atoms. The number of rotatable bonds is 5. The van der Waals surface area contributed by atoms with E-state index < -0.39 is 0 Å². The van der Waals surface area contributed by atoms with Crippen molar-refractivity contribution in [1.82, 2.24) is 10.6 Å². The van der Waals surface area contributed by atoms with Crippen molar-refractivity contribution < 1.29 is 9.53 Å². The maximum atomic E-state index is 12.0. The van der Waals surface area contributed by atoms with Crippen LogP contribution in [0, 0.1) is 5.92 Å². The molecule has 0 radical (unpaired) electrons. The molecule has 4 heteroatoms. The molecule has 1 aromatic rings. The van der Waals surface area contributed by atoms with Crippen LogP contribution in [0.3, 0.4) is 0 Å². The highest BCUT2D eigenvalue weighted by Gasteiger charge is 2.23. The monoisotopic (exact) mass is 276 g/mol. The van der Waals surface area contributed by atoms with Crippen LogP contribution in [0.25, 0.3) is 0 Å². The number of amides is 1. The van der Waals surface area contributed by atoms with Gasteiger partial charge in [0.1, 0.15) is 5.75 Å². The van der Waals surface area contributed by atoms with Crippen molar-refractivity contribution in [2.45, 2.75) is 32.2 Å². The Morgan fingerprint density at radius 1 is 1.35 bits per heavy atom. The van der Waals surface area contributed by atoms with Gasteiger partial charge >= 0.3 is 0 Å². The van der Waals surface area contributed by atoms with Crippen molar-refractivity contribution in [3.8, 4) is 5.75 Å². The molecule has 1 amide bonds. The molecule has 0 spiro atoms. The van der Waals surface area contributed by atoms with Crippen molar-refractivity contribution in [3.63, 3.8) is 0 Å². The lowest BCUT2D eigenvalue weighted by atomic mass is 9.95. The van der Waals surface area contributed by atoms with Crippen molar-refractivity contribution in [1.29, 1.82) is 0 Å². The molecule has 1 aliphatic rings. The number of hydrogen-bond acceptors (Lipinski definition) is 3. The summed E-state index contributed by atoms with van der Waals surface area (Å²) in [7, 11) is 1.66. The van der Waals surface area contributed by atoms with E-state index >= 15 is 0 Å². The topological polar surface area (TPSA) is 50.4 Å². The minimum absolute atomic E-state index is 0.127. The van der Waals surface area contributed by atoms with Crippen LogP contribution < -0.4 is 15.4 Å². The molecule has 2 rings (SSSR count). The molecule has 2 N–H and O–H groups in total. The first kappa shape index (κ1) is 14.9. The van der Waals surface area contributed by atoms with Gasteiger partial charge in [-0.2, -0.15) is 0 Å². The van der Waals surface area contributed by atoms with Crippen LogP contribution >= 0.6 is 0 Å². The fourth-order valence-electron chi connectivity index (χ4n) is 2.49. The quantitative estimate of drug-likeness (QED) is 0.861. The molecule has 2 unspecified atom stereocenters. The molecule has 1 saturated heterocycles. The Labute approximate surface area is 120 Å². The maximum absolute atomic E-state index is 12.0. The zero-order valence-corrected chi connectivity index (χ0v) is 12.3. The molecule has 2 atom stereocenters. The van der Waals surface area contributed by atoms with E-state index in [9.17, 15) is 4.79 Å². The van der Waals surface area contributed by atoms with Crippen molar-refractivity contribution in [3.05, 3.63) is 29.8 Å².